The van der Waals surface area contributed by atoms with E-state index in [0.717, 1.165) is 4.90 Å². The maximum Gasteiger partial charge on any atom is 0.232 e. The lowest BCUT2D eigenvalue weighted by Gasteiger charge is -2.19. The minimum atomic E-state index is -0.974. The van der Waals surface area contributed by atoms with Gasteiger partial charge >= 0.3 is 0 Å². The van der Waals surface area contributed by atoms with E-state index in [0.29, 0.717) is 5.75 Å². The summed E-state index contributed by atoms with van der Waals surface area (Å²) in [6, 6.07) is 5.38. The molecule has 20 heavy (non-hydrogen) atoms. The van der Waals surface area contributed by atoms with Crippen molar-refractivity contribution in [2.75, 3.05) is 13.2 Å². The number of carbonyl (C=O) groups excluding carboxylic acids is 2. The summed E-state index contributed by atoms with van der Waals surface area (Å²) in [5.74, 6) is -0.829. The van der Waals surface area contributed by atoms with Crippen LogP contribution >= 0.6 is 0 Å². The maximum atomic E-state index is 12.7. The number of carbonyl (C=O) groups is 2. The van der Waals surface area contributed by atoms with Crippen LogP contribution in [-0.2, 0) is 9.59 Å². The number of benzene rings is 1. The van der Waals surface area contributed by atoms with Gasteiger partial charge in [-0.05, 0) is 24.3 Å². The predicted molar refractivity (Wildman–Crippen MR) is 68.4 cm³/mol. The van der Waals surface area contributed by atoms with Gasteiger partial charge in [-0.3, -0.25) is 14.5 Å². The smallest absolute Gasteiger partial charge is 0.232 e. The molecule has 1 aliphatic heterocycles. The van der Waals surface area contributed by atoms with Gasteiger partial charge in [0.25, 0.3) is 0 Å². The lowest BCUT2D eigenvalue weighted by molar-refractivity contribution is -0.141. The van der Waals surface area contributed by atoms with Crippen molar-refractivity contribution in [3.8, 4) is 5.75 Å². The third-order valence-corrected chi connectivity index (χ3v) is 3.12. The average molecular weight is 281 g/mol. The molecule has 2 amide bonds. The van der Waals surface area contributed by atoms with Crippen LogP contribution in [0.1, 0.15) is 13.3 Å². The summed E-state index contributed by atoms with van der Waals surface area (Å²) in [7, 11) is 0. The van der Waals surface area contributed by atoms with Crippen molar-refractivity contribution < 1.29 is 23.8 Å². The molecule has 1 saturated heterocycles. The number of β-amino-alcohol motifs (C(OH)–C–C–N with tert-alkyl or cyclic N) is 1. The molecule has 0 aromatic heterocycles. The first-order chi connectivity index (χ1) is 9.47. The number of rotatable bonds is 5. The zero-order valence-electron chi connectivity index (χ0n) is 11.1. The molecule has 0 aliphatic carbocycles. The summed E-state index contributed by atoms with van der Waals surface area (Å²) in [6.07, 6.45) is -0.789. The molecule has 0 unspecified atom stereocenters. The Kier molecular flexibility index (Phi) is 4.34. The van der Waals surface area contributed by atoms with Gasteiger partial charge in [-0.2, -0.15) is 0 Å². The highest BCUT2D eigenvalue weighted by Crippen LogP contribution is 2.19. The molecule has 1 aromatic carbocycles. The molecule has 0 spiro atoms. The Morgan fingerprint density at radius 2 is 2.05 bits per heavy atom. The summed E-state index contributed by atoms with van der Waals surface area (Å²) in [5.41, 5.74) is 0. The van der Waals surface area contributed by atoms with Crippen LogP contribution in [0.5, 0.6) is 5.75 Å². The van der Waals surface area contributed by atoms with E-state index >= 15 is 0 Å². The van der Waals surface area contributed by atoms with Crippen LogP contribution in [-0.4, -0.2) is 41.1 Å². The second kappa shape index (κ2) is 6.00. The second-order valence-corrected chi connectivity index (χ2v) is 4.87. The number of aliphatic hydroxyl groups excluding tert-OH is 1. The third kappa shape index (κ3) is 3.33. The number of ether oxygens (including phenoxy) is 1. The largest absolute Gasteiger partial charge is 0.491 e. The maximum absolute atomic E-state index is 12.7. The van der Waals surface area contributed by atoms with Gasteiger partial charge in [0.05, 0.1) is 6.54 Å². The van der Waals surface area contributed by atoms with Crippen LogP contribution in [0, 0.1) is 11.7 Å². The van der Waals surface area contributed by atoms with Gasteiger partial charge in [-0.15, -0.1) is 0 Å². The molecule has 0 bridgehead atoms. The van der Waals surface area contributed by atoms with Crippen LogP contribution in [0.3, 0.4) is 0 Å². The van der Waals surface area contributed by atoms with E-state index in [-0.39, 0.29) is 43.1 Å². The molecule has 0 radical (unpaired) electrons. The zero-order valence-corrected chi connectivity index (χ0v) is 11.1. The van der Waals surface area contributed by atoms with E-state index in [9.17, 15) is 19.1 Å². The van der Waals surface area contributed by atoms with Crippen molar-refractivity contribution >= 4 is 11.8 Å². The molecule has 1 N–H and O–H groups in total. The molecule has 1 aliphatic rings. The Balaban J connectivity index is 1.83. The molecular weight excluding hydrogens is 265 g/mol. The Morgan fingerprint density at radius 3 is 2.60 bits per heavy atom. The SMILES string of the molecule is C[C@@H]1CC(=O)N(C[C@@H](O)COc2ccc(F)cc2)C1=O. The molecule has 5 nitrogen and oxygen atoms in total. The third-order valence-electron chi connectivity index (χ3n) is 3.12. The number of likely N-dealkylation sites (tertiary alicyclic amines) is 1. The van der Waals surface area contributed by atoms with Crippen LogP contribution in [0.2, 0.25) is 0 Å². The standard InChI is InChI=1S/C14H16FNO4/c1-9-6-13(18)16(14(9)19)7-11(17)8-20-12-4-2-10(15)3-5-12/h2-5,9,11,17H,6-8H2,1H3/t9-,11-/m1/s1. The Hall–Kier alpha value is -1.95. The van der Waals surface area contributed by atoms with E-state index in [1.165, 1.54) is 24.3 Å². The van der Waals surface area contributed by atoms with Gasteiger partial charge in [-0.25, -0.2) is 4.39 Å². The Bertz CT molecular complexity index is 502. The lowest BCUT2D eigenvalue weighted by Crippen LogP contribution is -2.39. The minimum Gasteiger partial charge on any atom is -0.491 e. The summed E-state index contributed by atoms with van der Waals surface area (Å²) in [5, 5.41) is 9.80. The molecule has 2 rings (SSSR count). The highest BCUT2D eigenvalue weighted by atomic mass is 19.1. The van der Waals surface area contributed by atoms with E-state index in [4.69, 9.17) is 4.74 Å². The van der Waals surface area contributed by atoms with Crippen molar-refractivity contribution in [2.45, 2.75) is 19.4 Å². The van der Waals surface area contributed by atoms with Gasteiger partial charge in [-0.1, -0.05) is 6.92 Å². The van der Waals surface area contributed by atoms with Crippen molar-refractivity contribution in [2.24, 2.45) is 5.92 Å². The minimum absolute atomic E-state index is 0.0723. The van der Waals surface area contributed by atoms with Crippen molar-refractivity contribution in [1.29, 1.82) is 0 Å². The molecular formula is C14H16FNO4. The summed E-state index contributed by atoms with van der Waals surface area (Å²) < 4.78 is 18.0. The normalized spacial score (nSPS) is 20.4. The number of amides is 2. The van der Waals surface area contributed by atoms with Crippen LogP contribution in [0.4, 0.5) is 4.39 Å². The number of imide groups is 1. The summed E-state index contributed by atoms with van der Waals surface area (Å²) in [6.45, 7) is 1.53. The average Bonchev–Trinajstić information content (AvgIpc) is 2.65. The number of hydrogen-bond acceptors (Lipinski definition) is 4. The molecule has 2 atom stereocenters. The zero-order chi connectivity index (χ0) is 14.7. The van der Waals surface area contributed by atoms with Crippen LogP contribution in [0.25, 0.3) is 0 Å². The predicted octanol–water partition coefficient (Wildman–Crippen LogP) is 0.960. The van der Waals surface area contributed by atoms with Gasteiger partial charge in [0.15, 0.2) is 0 Å². The van der Waals surface area contributed by atoms with Crippen molar-refractivity contribution in [3.63, 3.8) is 0 Å². The first-order valence-electron chi connectivity index (χ1n) is 6.38. The summed E-state index contributed by atoms with van der Waals surface area (Å²) >= 11 is 0. The molecule has 1 heterocycles. The monoisotopic (exact) mass is 281 g/mol. The molecule has 1 fully saturated rings. The fraction of sp³-hybridized carbons (Fsp3) is 0.429. The number of halogens is 1. The Labute approximate surface area is 116 Å². The van der Waals surface area contributed by atoms with Crippen molar-refractivity contribution in [3.05, 3.63) is 30.1 Å². The van der Waals surface area contributed by atoms with Gasteiger partial charge in [0, 0.05) is 12.3 Å². The fourth-order valence-corrected chi connectivity index (χ4v) is 2.03. The molecule has 1 aromatic rings. The number of hydrogen-bond donors (Lipinski definition) is 1. The highest BCUT2D eigenvalue weighted by Gasteiger charge is 2.36. The summed E-state index contributed by atoms with van der Waals surface area (Å²) in [4.78, 5) is 24.3. The molecule has 0 saturated carbocycles. The van der Waals surface area contributed by atoms with Gasteiger partial charge in [0.2, 0.25) is 11.8 Å². The van der Waals surface area contributed by atoms with E-state index in [1.807, 2.05) is 0 Å². The van der Waals surface area contributed by atoms with E-state index in [1.54, 1.807) is 6.92 Å². The first kappa shape index (κ1) is 14.5. The van der Waals surface area contributed by atoms with Gasteiger partial charge < -0.3 is 9.84 Å². The lowest BCUT2D eigenvalue weighted by atomic mass is 10.1. The second-order valence-electron chi connectivity index (χ2n) is 4.87. The van der Waals surface area contributed by atoms with Crippen molar-refractivity contribution in [1.82, 2.24) is 4.90 Å². The highest BCUT2D eigenvalue weighted by molar-refractivity contribution is 6.03. The quantitative estimate of drug-likeness (QED) is 0.816. The van der Waals surface area contributed by atoms with E-state index < -0.39 is 6.10 Å². The van der Waals surface area contributed by atoms with Crippen LogP contribution in [0.15, 0.2) is 24.3 Å². The Morgan fingerprint density at radius 1 is 1.40 bits per heavy atom. The molecule has 6 heteroatoms. The molecule has 108 valence electrons. The van der Waals surface area contributed by atoms with E-state index in [2.05, 4.69) is 0 Å². The number of aliphatic hydroxyl groups is 1. The number of nitrogens with zero attached hydrogens (tertiary/aromatic N) is 1. The fourth-order valence-electron chi connectivity index (χ4n) is 2.03. The van der Waals surface area contributed by atoms with Crippen LogP contribution < -0.4 is 4.74 Å². The topological polar surface area (TPSA) is 66.8 Å². The first-order valence-corrected chi connectivity index (χ1v) is 6.38. The van der Waals surface area contributed by atoms with Gasteiger partial charge in [0.1, 0.15) is 24.3 Å².